The lowest BCUT2D eigenvalue weighted by molar-refractivity contribution is -0.144. The highest BCUT2D eigenvalue weighted by Crippen LogP contribution is 2.37. The van der Waals surface area contributed by atoms with E-state index in [0.29, 0.717) is 12.8 Å². The first kappa shape index (κ1) is 12.9. The standard InChI is InChI=1S/C10H18N2O4/c11-6-10(3-1-2-4-10)9(16)12-7(5-13)8(14)15/h7,13H,1-6,11H2,(H,12,16)(H,14,15). The molecule has 1 saturated carbocycles. The molecule has 0 spiro atoms. The number of carbonyl (C=O) groups excluding carboxylic acids is 1. The molecule has 0 radical (unpaired) electrons. The van der Waals surface area contributed by atoms with E-state index in [1.807, 2.05) is 0 Å². The minimum atomic E-state index is -1.24. The molecule has 6 heteroatoms. The van der Waals surface area contributed by atoms with Gasteiger partial charge in [0.1, 0.15) is 6.04 Å². The number of nitrogens with one attached hydrogen (secondary N) is 1. The Labute approximate surface area is 93.8 Å². The Kier molecular flexibility index (Phi) is 4.26. The van der Waals surface area contributed by atoms with Crippen LogP contribution in [-0.4, -0.2) is 41.3 Å². The summed E-state index contributed by atoms with van der Waals surface area (Å²) < 4.78 is 0. The Bertz CT molecular complexity index is 274. The summed E-state index contributed by atoms with van der Waals surface area (Å²) in [6.07, 6.45) is 3.24. The van der Waals surface area contributed by atoms with Gasteiger partial charge in [-0.05, 0) is 12.8 Å². The number of aliphatic carboxylic acids is 1. The lowest BCUT2D eigenvalue weighted by atomic mass is 9.85. The fourth-order valence-electron chi connectivity index (χ4n) is 2.07. The molecule has 1 aliphatic carbocycles. The minimum Gasteiger partial charge on any atom is -0.480 e. The monoisotopic (exact) mass is 230 g/mol. The average molecular weight is 230 g/mol. The topological polar surface area (TPSA) is 113 Å². The van der Waals surface area contributed by atoms with Crippen molar-refractivity contribution < 1.29 is 19.8 Å². The van der Waals surface area contributed by atoms with Gasteiger partial charge in [0.05, 0.1) is 12.0 Å². The first-order valence-corrected chi connectivity index (χ1v) is 5.40. The van der Waals surface area contributed by atoms with Gasteiger partial charge in [-0.15, -0.1) is 0 Å². The van der Waals surface area contributed by atoms with Crippen molar-refractivity contribution in [3.63, 3.8) is 0 Å². The maximum atomic E-state index is 11.9. The molecule has 0 aliphatic heterocycles. The van der Waals surface area contributed by atoms with E-state index in [1.54, 1.807) is 0 Å². The van der Waals surface area contributed by atoms with Crippen LogP contribution in [0.25, 0.3) is 0 Å². The van der Waals surface area contributed by atoms with Gasteiger partial charge in [0.2, 0.25) is 5.91 Å². The van der Waals surface area contributed by atoms with Crippen molar-refractivity contribution in [3.05, 3.63) is 0 Å². The van der Waals surface area contributed by atoms with Crippen molar-refractivity contribution in [1.82, 2.24) is 5.32 Å². The molecule has 1 atom stereocenters. The second-order valence-corrected chi connectivity index (χ2v) is 4.24. The number of carboxylic acid groups (broad SMARTS) is 1. The molecular formula is C10H18N2O4. The fraction of sp³-hybridized carbons (Fsp3) is 0.800. The number of carbonyl (C=O) groups is 2. The van der Waals surface area contributed by atoms with Crippen molar-refractivity contribution in [2.45, 2.75) is 31.7 Å². The summed E-state index contributed by atoms with van der Waals surface area (Å²) in [7, 11) is 0. The SMILES string of the molecule is NCC1(C(=O)NC(CO)C(=O)O)CCCC1. The summed E-state index contributed by atoms with van der Waals surface area (Å²) in [5.74, 6) is -1.59. The number of nitrogens with two attached hydrogens (primary N) is 1. The molecule has 6 nitrogen and oxygen atoms in total. The normalized spacial score (nSPS) is 20.4. The molecular weight excluding hydrogens is 212 g/mol. The number of carboxylic acids is 1. The molecule has 1 aliphatic rings. The van der Waals surface area contributed by atoms with Crippen molar-refractivity contribution in [3.8, 4) is 0 Å². The Morgan fingerprint density at radius 2 is 1.94 bits per heavy atom. The van der Waals surface area contributed by atoms with Gasteiger partial charge in [-0.3, -0.25) is 4.79 Å². The van der Waals surface area contributed by atoms with Crippen LogP contribution < -0.4 is 11.1 Å². The van der Waals surface area contributed by atoms with Crippen LogP contribution in [0.1, 0.15) is 25.7 Å². The lowest BCUT2D eigenvalue weighted by Gasteiger charge is -2.27. The molecule has 92 valence electrons. The number of amides is 1. The third-order valence-electron chi connectivity index (χ3n) is 3.22. The van der Waals surface area contributed by atoms with Gasteiger partial charge >= 0.3 is 5.97 Å². The molecule has 1 rings (SSSR count). The van der Waals surface area contributed by atoms with Crippen LogP contribution in [0.5, 0.6) is 0 Å². The van der Waals surface area contributed by atoms with E-state index in [4.69, 9.17) is 15.9 Å². The first-order chi connectivity index (χ1) is 7.55. The van der Waals surface area contributed by atoms with Crippen LogP contribution in [0.4, 0.5) is 0 Å². The maximum absolute atomic E-state index is 11.9. The highest BCUT2D eigenvalue weighted by molar-refractivity contribution is 5.87. The van der Waals surface area contributed by atoms with Gasteiger partial charge < -0.3 is 21.3 Å². The Morgan fingerprint density at radius 3 is 2.31 bits per heavy atom. The molecule has 1 amide bonds. The summed E-state index contributed by atoms with van der Waals surface area (Å²) in [6.45, 7) is -0.391. The van der Waals surface area contributed by atoms with E-state index in [0.717, 1.165) is 12.8 Å². The highest BCUT2D eigenvalue weighted by atomic mass is 16.4. The average Bonchev–Trinajstić information content (AvgIpc) is 2.74. The molecule has 0 saturated heterocycles. The minimum absolute atomic E-state index is 0.219. The van der Waals surface area contributed by atoms with Gasteiger partial charge in [-0.1, -0.05) is 12.8 Å². The van der Waals surface area contributed by atoms with Gasteiger partial charge in [0.25, 0.3) is 0 Å². The molecule has 0 aromatic carbocycles. The van der Waals surface area contributed by atoms with Crippen molar-refractivity contribution in [2.75, 3.05) is 13.2 Å². The predicted octanol–water partition coefficient (Wildman–Crippen LogP) is -0.933. The fourth-order valence-corrected chi connectivity index (χ4v) is 2.07. The molecule has 1 fully saturated rings. The molecule has 0 aromatic rings. The summed E-state index contributed by atoms with van der Waals surface area (Å²) >= 11 is 0. The Morgan fingerprint density at radius 1 is 1.38 bits per heavy atom. The van der Waals surface area contributed by atoms with Crippen LogP contribution in [0.15, 0.2) is 0 Å². The van der Waals surface area contributed by atoms with Crippen molar-refractivity contribution >= 4 is 11.9 Å². The number of rotatable bonds is 5. The molecule has 0 heterocycles. The number of hydrogen-bond acceptors (Lipinski definition) is 4. The van der Waals surface area contributed by atoms with Crippen LogP contribution >= 0.6 is 0 Å². The van der Waals surface area contributed by atoms with E-state index in [9.17, 15) is 9.59 Å². The van der Waals surface area contributed by atoms with Gasteiger partial charge in [0, 0.05) is 6.54 Å². The maximum Gasteiger partial charge on any atom is 0.328 e. The number of aliphatic hydroxyl groups excluding tert-OH is 1. The predicted molar refractivity (Wildman–Crippen MR) is 56.6 cm³/mol. The van der Waals surface area contributed by atoms with Gasteiger partial charge in [0.15, 0.2) is 0 Å². The van der Waals surface area contributed by atoms with E-state index < -0.39 is 24.0 Å². The largest absolute Gasteiger partial charge is 0.480 e. The Balaban J connectivity index is 2.65. The third-order valence-corrected chi connectivity index (χ3v) is 3.22. The summed E-state index contributed by atoms with van der Waals surface area (Å²) in [5, 5.41) is 19.9. The van der Waals surface area contributed by atoms with Gasteiger partial charge in [-0.25, -0.2) is 4.79 Å². The lowest BCUT2D eigenvalue weighted by Crippen LogP contribution is -2.51. The van der Waals surface area contributed by atoms with E-state index in [2.05, 4.69) is 5.32 Å². The van der Waals surface area contributed by atoms with Crippen LogP contribution in [-0.2, 0) is 9.59 Å². The van der Waals surface area contributed by atoms with E-state index >= 15 is 0 Å². The summed E-state index contributed by atoms with van der Waals surface area (Å²) in [5.41, 5.74) is 4.96. The zero-order chi connectivity index (χ0) is 12.2. The number of hydrogen-bond donors (Lipinski definition) is 4. The van der Waals surface area contributed by atoms with Crippen molar-refractivity contribution in [1.29, 1.82) is 0 Å². The van der Waals surface area contributed by atoms with Crippen LogP contribution in [0.2, 0.25) is 0 Å². The quantitative estimate of drug-likeness (QED) is 0.487. The first-order valence-electron chi connectivity index (χ1n) is 5.40. The number of aliphatic hydroxyl groups is 1. The summed E-state index contributed by atoms with van der Waals surface area (Å²) in [4.78, 5) is 22.6. The van der Waals surface area contributed by atoms with Crippen molar-refractivity contribution in [2.24, 2.45) is 11.1 Å². The second kappa shape index (κ2) is 5.27. The van der Waals surface area contributed by atoms with Crippen LogP contribution in [0.3, 0.4) is 0 Å². The zero-order valence-corrected chi connectivity index (χ0v) is 9.11. The molecule has 16 heavy (non-hydrogen) atoms. The summed E-state index contributed by atoms with van der Waals surface area (Å²) in [6, 6.07) is -1.24. The zero-order valence-electron chi connectivity index (χ0n) is 9.11. The van der Waals surface area contributed by atoms with Gasteiger partial charge in [-0.2, -0.15) is 0 Å². The molecule has 5 N–H and O–H groups in total. The van der Waals surface area contributed by atoms with E-state index in [-0.39, 0.29) is 12.5 Å². The smallest absolute Gasteiger partial charge is 0.328 e. The molecule has 1 unspecified atom stereocenters. The van der Waals surface area contributed by atoms with E-state index in [1.165, 1.54) is 0 Å². The molecule has 0 bridgehead atoms. The second-order valence-electron chi connectivity index (χ2n) is 4.24. The van der Waals surface area contributed by atoms with Crippen LogP contribution in [0, 0.1) is 5.41 Å². The molecule has 0 aromatic heterocycles. The highest BCUT2D eigenvalue weighted by Gasteiger charge is 2.41. The third kappa shape index (κ3) is 2.51. The Hall–Kier alpha value is -1.14.